The number of nitrogens with one attached hydrogen (secondary N) is 1. The van der Waals surface area contributed by atoms with Crippen molar-refractivity contribution >= 4 is 22.4 Å². The predicted octanol–water partition coefficient (Wildman–Crippen LogP) is 4.84. The summed E-state index contributed by atoms with van der Waals surface area (Å²) in [5.74, 6) is 2.76. The molecule has 0 aliphatic carbocycles. The van der Waals surface area contributed by atoms with Gasteiger partial charge in [0.05, 0.1) is 21.3 Å². The van der Waals surface area contributed by atoms with Crippen LogP contribution in [0.1, 0.15) is 29.4 Å². The molecule has 6 heteroatoms. The van der Waals surface area contributed by atoms with E-state index in [9.17, 15) is 4.79 Å². The summed E-state index contributed by atoms with van der Waals surface area (Å²) < 4.78 is 21.9. The fourth-order valence-corrected chi connectivity index (χ4v) is 3.54. The second-order valence-electron chi connectivity index (χ2n) is 7.39. The van der Waals surface area contributed by atoms with E-state index >= 15 is 0 Å². The molecule has 0 saturated carbocycles. The fourth-order valence-electron chi connectivity index (χ4n) is 3.54. The molecule has 0 spiro atoms. The van der Waals surface area contributed by atoms with Gasteiger partial charge in [0.15, 0.2) is 11.5 Å². The summed E-state index contributed by atoms with van der Waals surface area (Å²) in [5.41, 5.74) is 4.61. The Morgan fingerprint density at radius 3 is 2.39 bits per heavy atom. The largest absolute Gasteiger partial charge is 0.496 e. The second-order valence-corrected chi connectivity index (χ2v) is 7.39. The third-order valence-corrected chi connectivity index (χ3v) is 5.43. The highest BCUT2D eigenvalue weighted by Crippen LogP contribution is 2.34. The number of amides is 1. The minimum absolute atomic E-state index is 0.153. The van der Waals surface area contributed by atoms with Crippen LogP contribution in [-0.4, -0.2) is 33.8 Å². The van der Waals surface area contributed by atoms with Gasteiger partial charge in [-0.2, -0.15) is 0 Å². The number of ether oxygens (including phenoxy) is 3. The van der Waals surface area contributed by atoms with Crippen molar-refractivity contribution in [1.29, 1.82) is 0 Å². The summed E-state index contributed by atoms with van der Waals surface area (Å²) >= 11 is 0. The monoisotopic (exact) mass is 423 g/mol. The Labute approximate surface area is 182 Å². The van der Waals surface area contributed by atoms with Gasteiger partial charge in [-0.25, -0.2) is 0 Å². The van der Waals surface area contributed by atoms with Crippen molar-refractivity contribution in [3.63, 3.8) is 0 Å². The van der Waals surface area contributed by atoms with Crippen molar-refractivity contribution < 1.29 is 23.4 Å². The molecule has 31 heavy (non-hydrogen) atoms. The molecule has 1 aromatic heterocycles. The van der Waals surface area contributed by atoms with E-state index in [0.717, 1.165) is 39.0 Å². The number of methoxy groups -OCH3 is 3. The molecule has 3 aromatic rings. The van der Waals surface area contributed by atoms with Crippen LogP contribution in [-0.2, 0) is 11.2 Å². The maximum atomic E-state index is 12.5. The first-order chi connectivity index (χ1) is 14.9. The number of aryl methyl sites for hydroxylation is 2. The number of rotatable bonds is 8. The highest BCUT2D eigenvalue weighted by molar-refractivity contribution is 5.97. The van der Waals surface area contributed by atoms with E-state index in [1.54, 1.807) is 27.4 Å². The van der Waals surface area contributed by atoms with Crippen LogP contribution >= 0.6 is 0 Å². The Bertz CT molecular complexity index is 1130. The molecule has 0 radical (unpaired) electrons. The summed E-state index contributed by atoms with van der Waals surface area (Å²) in [6.07, 6.45) is 2.28. The molecule has 0 unspecified atom stereocenters. The van der Waals surface area contributed by atoms with E-state index in [-0.39, 0.29) is 5.91 Å². The lowest BCUT2D eigenvalue weighted by Crippen LogP contribution is -2.23. The summed E-state index contributed by atoms with van der Waals surface area (Å²) in [6.45, 7) is 6.38. The Hall–Kier alpha value is -3.41. The number of furan rings is 1. The van der Waals surface area contributed by atoms with Crippen LogP contribution in [0.3, 0.4) is 0 Å². The number of carbonyl (C=O) groups excluding carboxylic acids is 1. The van der Waals surface area contributed by atoms with E-state index in [4.69, 9.17) is 18.6 Å². The highest BCUT2D eigenvalue weighted by atomic mass is 16.5. The molecule has 0 bridgehead atoms. The average Bonchev–Trinajstić information content (AvgIpc) is 3.05. The number of hydrogen-bond acceptors (Lipinski definition) is 5. The van der Waals surface area contributed by atoms with E-state index in [2.05, 4.69) is 5.32 Å². The van der Waals surface area contributed by atoms with Gasteiger partial charge < -0.3 is 23.9 Å². The third-order valence-electron chi connectivity index (χ3n) is 5.43. The molecule has 1 N–H and O–H groups in total. The molecule has 1 amide bonds. The lowest BCUT2D eigenvalue weighted by molar-refractivity contribution is -0.116. The van der Waals surface area contributed by atoms with Gasteiger partial charge in [-0.3, -0.25) is 4.79 Å². The van der Waals surface area contributed by atoms with Crippen LogP contribution in [0.5, 0.6) is 17.2 Å². The van der Waals surface area contributed by atoms with E-state index in [1.165, 1.54) is 0 Å². The maximum absolute atomic E-state index is 12.5. The number of benzene rings is 2. The standard InChI is InChI=1S/C25H29NO5/c1-15(19-13-20-16(2)17(3)31-23(20)14-22(19)29-5)11-25(27)26-10-9-18-7-8-21(28-4)24(12-18)30-6/h7-8,11-14H,9-10H2,1-6H3,(H,26,27)/b15-11+. The van der Waals surface area contributed by atoms with E-state index in [0.29, 0.717) is 30.2 Å². The van der Waals surface area contributed by atoms with Crippen LogP contribution in [0.2, 0.25) is 0 Å². The Morgan fingerprint density at radius 2 is 1.71 bits per heavy atom. The molecular weight excluding hydrogens is 394 g/mol. The van der Waals surface area contributed by atoms with Crippen LogP contribution in [0.4, 0.5) is 0 Å². The first kappa shape index (κ1) is 22.3. The van der Waals surface area contributed by atoms with Crippen molar-refractivity contribution in [2.45, 2.75) is 27.2 Å². The highest BCUT2D eigenvalue weighted by Gasteiger charge is 2.14. The molecule has 0 aliphatic heterocycles. The first-order valence-corrected chi connectivity index (χ1v) is 10.1. The summed E-state index contributed by atoms with van der Waals surface area (Å²) in [4.78, 5) is 12.5. The van der Waals surface area contributed by atoms with Gasteiger partial charge in [-0.1, -0.05) is 6.07 Å². The van der Waals surface area contributed by atoms with Gasteiger partial charge in [-0.15, -0.1) is 0 Å². The zero-order chi connectivity index (χ0) is 22.5. The zero-order valence-electron chi connectivity index (χ0n) is 18.9. The Morgan fingerprint density at radius 1 is 1.00 bits per heavy atom. The quantitative estimate of drug-likeness (QED) is 0.525. The maximum Gasteiger partial charge on any atom is 0.244 e. The number of hydrogen-bond donors (Lipinski definition) is 1. The summed E-state index contributed by atoms with van der Waals surface area (Å²) in [7, 11) is 4.83. The number of fused-ring (bicyclic) bond motifs is 1. The predicted molar refractivity (Wildman–Crippen MR) is 122 cm³/mol. The van der Waals surface area contributed by atoms with Crippen LogP contribution in [0, 0.1) is 13.8 Å². The van der Waals surface area contributed by atoms with Gasteiger partial charge in [0, 0.05) is 29.6 Å². The van der Waals surface area contributed by atoms with Crippen LogP contribution in [0.15, 0.2) is 40.8 Å². The molecule has 2 aromatic carbocycles. The van der Waals surface area contributed by atoms with Gasteiger partial charge in [0.25, 0.3) is 0 Å². The van der Waals surface area contributed by atoms with Crippen molar-refractivity contribution in [3.05, 3.63) is 58.9 Å². The van der Waals surface area contributed by atoms with E-state index in [1.807, 2.05) is 51.1 Å². The lowest BCUT2D eigenvalue weighted by Gasteiger charge is -2.11. The van der Waals surface area contributed by atoms with Crippen molar-refractivity contribution in [2.75, 3.05) is 27.9 Å². The van der Waals surface area contributed by atoms with Crippen LogP contribution in [0.25, 0.3) is 16.5 Å². The molecule has 164 valence electrons. The molecule has 0 atom stereocenters. The van der Waals surface area contributed by atoms with Gasteiger partial charge >= 0.3 is 0 Å². The van der Waals surface area contributed by atoms with Crippen LogP contribution < -0.4 is 19.5 Å². The normalized spacial score (nSPS) is 11.5. The molecule has 0 aliphatic rings. The van der Waals surface area contributed by atoms with Gasteiger partial charge in [0.1, 0.15) is 17.1 Å². The molecule has 1 heterocycles. The number of allylic oxidation sites excluding steroid dienone is 1. The minimum atomic E-state index is -0.153. The molecule has 6 nitrogen and oxygen atoms in total. The van der Waals surface area contributed by atoms with Crippen molar-refractivity contribution in [2.24, 2.45) is 0 Å². The van der Waals surface area contributed by atoms with Gasteiger partial charge in [0.2, 0.25) is 5.91 Å². The smallest absolute Gasteiger partial charge is 0.244 e. The van der Waals surface area contributed by atoms with E-state index < -0.39 is 0 Å². The molecular formula is C25H29NO5. The average molecular weight is 424 g/mol. The topological polar surface area (TPSA) is 69.9 Å². The first-order valence-electron chi connectivity index (χ1n) is 10.1. The van der Waals surface area contributed by atoms with Crippen molar-refractivity contribution in [3.8, 4) is 17.2 Å². The summed E-state index contributed by atoms with van der Waals surface area (Å²) in [5, 5.41) is 3.96. The SMILES string of the molecule is COc1ccc(CCNC(=O)/C=C(\C)c2cc3c(C)c(C)oc3cc2OC)cc1OC. The zero-order valence-corrected chi connectivity index (χ0v) is 18.9. The molecule has 3 rings (SSSR count). The fraction of sp³-hybridized carbons (Fsp3) is 0.320. The van der Waals surface area contributed by atoms with Gasteiger partial charge in [-0.05, 0) is 62.1 Å². The Kier molecular flexibility index (Phi) is 6.90. The Balaban J connectivity index is 1.70. The van der Waals surface area contributed by atoms with Crippen molar-refractivity contribution in [1.82, 2.24) is 5.32 Å². The molecule has 0 fully saturated rings. The minimum Gasteiger partial charge on any atom is -0.496 e. The second kappa shape index (κ2) is 9.60. The number of carbonyl (C=O) groups is 1. The summed E-state index contributed by atoms with van der Waals surface area (Å²) in [6, 6.07) is 9.63. The lowest BCUT2D eigenvalue weighted by atomic mass is 10.0. The molecule has 0 saturated heterocycles. The third kappa shape index (κ3) is 4.85.